The van der Waals surface area contributed by atoms with Crippen LogP contribution in [-0.2, 0) is 11.3 Å². The van der Waals surface area contributed by atoms with Crippen molar-refractivity contribution >= 4 is 23.6 Å². The monoisotopic (exact) mass is 355 g/mol. The summed E-state index contributed by atoms with van der Waals surface area (Å²) >= 11 is 0. The molecule has 0 radical (unpaired) electrons. The number of nitrogens with two attached hydrogens (primary N) is 1. The molecule has 26 heavy (non-hydrogen) atoms. The van der Waals surface area contributed by atoms with Crippen molar-refractivity contribution in [1.29, 1.82) is 0 Å². The molecule has 0 fully saturated rings. The molecule has 0 aliphatic carbocycles. The van der Waals surface area contributed by atoms with Crippen LogP contribution >= 0.6 is 0 Å². The molecular formula is C17H17N5O4. The van der Waals surface area contributed by atoms with Gasteiger partial charge in [-0.1, -0.05) is 12.1 Å². The minimum Gasteiger partial charge on any atom is -0.495 e. The van der Waals surface area contributed by atoms with E-state index in [-0.39, 0.29) is 24.3 Å². The fraction of sp³-hybridized carbons (Fsp3) is 0.176. The van der Waals surface area contributed by atoms with Gasteiger partial charge in [-0.05, 0) is 25.1 Å². The van der Waals surface area contributed by atoms with Crippen LogP contribution in [0.25, 0.3) is 0 Å². The molecule has 1 aromatic carbocycles. The number of nitrogen functional groups attached to an aromatic ring is 1. The predicted molar refractivity (Wildman–Crippen MR) is 93.1 cm³/mol. The van der Waals surface area contributed by atoms with Gasteiger partial charge in [0.25, 0.3) is 0 Å². The van der Waals surface area contributed by atoms with E-state index in [9.17, 15) is 4.79 Å². The number of carbonyl (C=O) groups is 1. The first-order valence-electron chi connectivity index (χ1n) is 7.68. The molecule has 0 spiro atoms. The number of aryl methyl sites for hydroxylation is 1. The Morgan fingerprint density at radius 3 is 2.77 bits per heavy atom. The van der Waals surface area contributed by atoms with Crippen molar-refractivity contribution in [3.05, 3.63) is 53.7 Å². The largest absolute Gasteiger partial charge is 0.495 e. The number of para-hydroxylation sites is 2. The Kier molecular flexibility index (Phi) is 4.97. The van der Waals surface area contributed by atoms with Crippen molar-refractivity contribution in [2.75, 3.05) is 18.2 Å². The van der Waals surface area contributed by atoms with Crippen molar-refractivity contribution in [1.82, 2.24) is 15.0 Å². The van der Waals surface area contributed by atoms with Gasteiger partial charge >= 0.3 is 5.97 Å². The van der Waals surface area contributed by atoms with Gasteiger partial charge in [-0.15, -0.1) is 0 Å². The van der Waals surface area contributed by atoms with Gasteiger partial charge in [0.1, 0.15) is 17.1 Å². The van der Waals surface area contributed by atoms with Crippen molar-refractivity contribution in [2.45, 2.75) is 13.5 Å². The Hall–Kier alpha value is -3.62. The lowest BCUT2D eigenvalue weighted by molar-refractivity contribution is 0.0460. The Labute approximate surface area is 149 Å². The third-order valence-corrected chi connectivity index (χ3v) is 3.46. The van der Waals surface area contributed by atoms with Crippen LogP contribution in [0.5, 0.6) is 5.75 Å². The second kappa shape index (κ2) is 7.51. The third-order valence-electron chi connectivity index (χ3n) is 3.46. The lowest BCUT2D eigenvalue weighted by Crippen LogP contribution is -2.11. The molecule has 9 nitrogen and oxygen atoms in total. The molecule has 0 amide bonds. The highest BCUT2D eigenvalue weighted by atomic mass is 16.5. The number of hydrogen-bond donors (Lipinski definition) is 2. The Morgan fingerprint density at radius 2 is 2.04 bits per heavy atom. The first kappa shape index (κ1) is 17.2. The maximum atomic E-state index is 12.0. The van der Waals surface area contributed by atoms with E-state index < -0.39 is 5.97 Å². The van der Waals surface area contributed by atoms with E-state index in [1.54, 1.807) is 26.2 Å². The van der Waals surface area contributed by atoms with Gasteiger partial charge in [-0.3, -0.25) is 0 Å². The number of furan rings is 1. The van der Waals surface area contributed by atoms with Crippen molar-refractivity contribution in [3.8, 4) is 5.75 Å². The topological polar surface area (TPSA) is 125 Å². The maximum absolute atomic E-state index is 12.0. The van der Waals surface area contributed by atoms with Crippen molar-refractivity contribution < 1.29 is 18.7 Å². The highest BCUT2D eigenvalue weighted by Crippen LogP contribution is 2.25. The number of carbonyl (C=O) groups excluding carboxylic acids is 1. The molecule has 3 rings (SSSR count). The number of nitrogens with zero attached hydrogens (tertiary/aromatic N) is 3. The number of hydrogen-bond acceptors (Lipinski definition) is 9. The number of rotatable bonds is 6. The normalized spacial score (nSPS) is 10.4. The molecule has 2 aromatic heterocycles. The standard InChI is InChI=1S/C17H17N5O4/c1-10-11(7-8-25-10)15(23)26-9-14-20-16(18)22-17(21-14)19-12-5-3-4-6-13(12)24-2/h3-8H,9H2,1-2H3,(H3,18,19,20,21,22). The molecule has 0 unspecified atom stereocenters. The number of aromatic nitrogens is 3. The highest BCUT2D eigenvalue weighted by Gasteiger charge is 2.15. The van der Waals surface area contributed by atoms with E-state index in [1.165, 1.54) is 12.3 Å². The van der Waals surface area contributed by atoms with Crippen LogP contribution in [0.4, 0.5) is 17.6 Å². The summed E-state index contributed by atoms with van der Waals surface area (Å²) in [5.74, 6) is 0.993. The Balaban J connectivity index is 1.73. The number of esters is 1. The van der Waals surface area contributed by atoms with E-state index in [0.29, 0.717) is 22.8 Å². The molecule has 0 atom stereocenters. The van der Waals surface area contributed by atoms with Gasteiger partial charge in [0, 0.05) is 0 Å². The van der Waals surface area contributed by atoms with Gasteiger partial charge in [0.2, 0.25) is 11.9 Å². The SMILES string of the molecule is COc1ccccc1Nc1nc(N)nc(COC(=O)c2ccoc2C)n1. The van der Waals surface area contributed by atoms with Gasteiger partial charge in [0.15, 0.2) is 12.4 Å². The smallest absolute Gasteiger partial charge is 0.342 e. The van der Waals surface area contributed by atoms with Gasteiger partial charge < -0.3 is 24.9 Å². The molecular weight excluding hydrogens is 338 g/mol. The van der Waals surface area contributed by atoms with Crippen LogP contribution in [0.1, 0.15) is 21.9 Å². The third kappa shape index (κ3) is 3.89. The summed E-state index contributed by atoms with van der Waals surface area (Å²) in [6.07, 6.45) is 1.42. The minimum absolute atomic E-state index is 0.00272. The Bertz CT molecular complexity index is 925. The highest BCUT2D eigenvalue weighted by molar-refractivity contribution is 5.90. The van der Waals surface area contributed by atoms with Gasteiger partial charge in [0.05, 0.1) is 19.1 Å². The molecule has 9 heteroatoms. The lowest BCUT2D eigenvalue weighted by Gasteiger charge is -2.10. The number of methoxy groups -OCH3 is 1. The summed E-state index contributed by atoms with van der Waals surface area (Å²) in [6.45, 7) is 1.52. The summed E-state index contributed by atoms with van der Waals surface area (Å²) < 4.78 is 15.5. The summed E-state index contributed by atoms with van der Waals surface area (Å²) in [6, 6.07) is 8.82. The summed E-state index contributed by atoms with van der Waals surface area (Å²) in [7, 11) is 1.56. The number of anilines is 3. The molecule has 3 aromatic rings. The summed E-state index contributed by atoms with van der Waals surface area (Å²) in [5, 5.41) is 3.01. The zero-order valence-corrected chi connectivity index (χ0v) is 14.2. The average Bonchev–Trinajstić information content (AvgIpc) is 3.06. The Morgan fingerprint density at radius 1 is 1.23 bits per heavy atom. The van der Waals surface area contributed by atoms with Crippen LogP contribution in [-0.4, -0.2) is 28.0 Å². The lowest BCUT2D eigenvalue weighted by atomic mass is 10.3. The molecule has 134 valence electrons. The summed E-state index contributed by atoms with van der Waals surface area (Å²) in [4.78, 5) is 24.2. The van der Waals surface area contributed by atoms with Crippen molar-refractivity contribution in [2.24, 2.45) is 0 Å². The van der Waals surface area contributed by atoms with E-state index >= 15 is 0 Å². The zero-order valence-electron chi connectivity index (χ0n) is 14.2. The maximum Gasteiger partial charge on any atom is 0.342 e. The molecule has 3 N–H and O–H groups in total. The quantitative estimate of drug-likeness (QED) is 0.641. The number of ether oxygens (including phenoxy) is 2. The van der Waals surface area contributed by atoms with Gasteiger partial charge in [-0.2, -0.15) is 15.0 Å². The second-order valence-electron chi connectivity index (χ2n) is 5.23. The van der Waals surface area contributed by atoms with E-state index in [2.05, 4.69) is 20.3 Å². The predicted octanol–water partition coefficient (Wildman–Crippen LogP) is 2.46. The molecule has 0 saturated heterocycles. The first-order chi connectivity index (χ1) is 12.6. The first-order valence-corrected chi connectivity index (χ1v) is 7.68. The van der Waals surface area contributed by atoms with E-state index in [0.717, 1.165) is 0 Å². The van der Waals surface area contributed by atoms with E-state index in [4.69, 9.17) is 19.6 Å². The molecule has 0 bridgehead atoms. The molecule has 2 heterocycles. The fourth-order valence-electron chi connectivity index (χ4n) is 2.23. The van der Waals surface area contributed by atoms with Crippen LogP contribution in [0.3, 0.4) is 0 Å². The fourth-order valence-corrected chi connectivity index (χ4v) is 2.23. The summed E-state index contributed by atoms with van der Waals surface area (Å²) in [5.41, 5.74) is 6.73. The second-order valence-corrected chi connectivity index (χ2v) is 5.23. The van der Waals surface area contributed by atoms with Gasteiger partial charge in [-0.25, -0.2) is 4.79 Å². The molecule has 0 saturated carbocycles. The van der Waals surface area contributed by atoms with Crippen LogP contribution in [0.15, 0.2) is 41.0 Å². The van der Waals surface area contributed by atoms with Crippen molar-refractivity contribution in [3.63, 3.8) is 0 Å². The van der Waals surface area contributed by atoms with Crippen LogP contribution in [0.2, 0.25) is 0 Å². The van der Waals surface area contributed by atoms with Crippen LogP contribution < -0.4 is 15.8 Å². The number of benzene rings is 1. The number of nitrogens with one attached hydrogen (secondary N) is 1. The van der Waals surface area contributed by atoms with Crippen LogP contribution in [0, 0.1) is 6.92 Å². The molecule has 0 aliphatic heterocycles. The molecule has 0 aliphatic rings. The van der Waals surface area contributed by atoms with E-state index in [1.807, 2.05) is 12.1 Å². The average molecular weight is 355 g/mol. The minimum atomic E-state index is -0.533. The zero-order chi connectivity index (χ0) is 18.5.